The quantitative estimate of drug-likeness (QED) is 0.0474. The monoisotopic (exact) mass is 1260 g/mol. The number of ketones is 1. The topological polar surface area (TPSA) is 353 Å². The van der Waals surface area contributed by atoms with E-state index in [-0.39, 0.29) is 64.3 Å². The van der Waals surface area contributed by atoms with Crippen LogP contribution in [0.1, 0.15) is 130 Å². The molecule has 1 aliphatic rings. The van der Waals surface area contributed by atoms with E-state index in [4.69, 9.17) is 36.4 Å². The van der Waals surface area contributed by atoms with Crippen molar-refractivity contribution in [1.29, 1.82) is 0 Å². The van der Waals surface area contributed by atoms with Gasteiger partial charge in [-0.3, -0.25) is 28.8 Å². The van der Waals surface area contributed by atoms with Gasteiger partial charge < -0.3 is 48.1 Å². The highest BCUT2D eigenvalue weighted by atomic mass is 32.1. The molecule has 85 heavy (non-hydrogen) atoms. The number of primary amides is 2. The van der Waals surface area contributed by atoms with E-state index < -0.39 is 77.5 Å². The molecule has 10 bridgehead atoms. The number of aromatic nitrogens is 7. The van der Waals surface area contributed by atoms with Crippen molar-refractivity contribution in [3.63, 3.8) is 0 Å². The van der Waals surface area contributed by atoms with Gasteiger partial charge in [0, 0.05) is 68.6 Å². The molecule has 9 aromatic rings. The third-order valence-corrected chi connectivity index (χ3v) is 19.5. The fraction of sp³-hybridized carbons (Fsp3) is 0.281. The molecule has 11 N–H and O–H groups in total. The summed E-state index contributed by atoms with van der Waals surface area (Å²) in [6.45, 7) is 6.31. The maximum Gasteiger partial charge on any atom is 0.271 e. The second-order valence-electron chi connectivity index (χ2n) is 20.0. The van der Waals surface area contributed by atoms with Gasteiger partial charge in [-0.05, 0) is 55.3 Å². The summed E-state index contributed by atoms with van der Waals surface area (Å²) in [5.74, 6) is -5.68. The normalized spacial score (nSPS) is 17.9. The maximum absolute atomic E-state index is 15.0. The number of fused-ring (bicyclic) bond motifs is 14. The molecule has 28 heteroatoms. The Bertz CT molecular complexity index is 3910. The number of aliphatic hydroxyl groups is 2. The minimum absolute atomic E-state index is 0.00375. The molecule has 438 valence electrons. The number of nitrogens with zero attached hydrogens (tertiary/aromatic N) is 7. The zero-order valence-corrected chi connectivity index (χ0v) is 50.4. The summed E-state index contributed by atoms with van der Waals surface area (Å²) in [4.78, 5) is 117. The first-order valence-electron chi connectivity index (χ1n) is 26.6. The van der Waals surface area contributed by atoms with E-state index in [2.05, 4.69) is 31.2 Å². The first kappa shape index (κ1) is 60.2. The number of aromatic hydroxyl groups is 1. The zero-order chi connectivity index (χ0) is 60.1. The second kappa shape index (κ2) is 26.5. The lowest BCUT2D eigenvalue weighted by Crippen LogP contribution is -2.51. The number of nitrogens with one attached hydrogen (secondary N) is 4. The van der Waals surface area contributed by atoms with Crippen molar-refractivity contribution in [1.82, 2.24) is 56.2 Å². The Morgan fingerprint density at radius 3 is 2.06 bits per heavy atom. The summed E-state index contributed by atoms with van der Waals surface area (Å²) in [7, 11) is 0. The third kappa shape index (κ3) is 13.9. The van der Waals surface area contributed by atoms with Crippen molar-refractivity contribution in [2.24, 2.45) is 17.4 Å². The van der Waals surface area contributed by atoms with Crippen molar-refractivity contribution in [3.8, 4) is 49.1 Å². The molecule has 7 aromatic heterocycles. The van der Waals surface area contributed by atoms with Crippen molar-refractivity contribution in [2.75, 3.05) is 13.1 Å². The molecule has 0 fully saturated rings. The summed E-state index contributed by atoms with van der Waals surface area (Å²) < 4.78 is 0. The predicted octanol–water partition coefficient (Wildman–Crippen LogP) is 7.55. The van der Waals surface area contributed by atoms with E-state index in [9.17, 15) is 44.1 Å². The summed E-state index contributed by atoms with van der Waals surface area (Å²) in [5, 5.41) is 56.2. The lowest BCUT2D eigenvalue weighted by molar-refractivity contribution is -0.124. The molecule has 0 unspecified atom stereocenters. The molecule has 0 radical (unpaired) electrons. The smallest absolute Gasteiger partial charge is 0.271 e. The highest BCUT2D eigenvalue weighted by molar-refractivity contribution is 7.15. The van der Waals surface area contributed by atoms with Crippen molar-refractivity contribution in [2.45, 2.75) is 82.7 Å². The third-order valence-electron chi connectivity index (χ3n) is 13.9. The predicted molar refractivity (Wildman–Crippen MR) is 326 cm³/mol. The van der Waals surface area contributed by atoms with E-state index in [0.717, 1.165) is 40.4 Å². The Morgan fingerprint density at radius 2 is 1.33 bits per heavy atom. The number of hydrogen-bond donors (Lipinski definition) is 9. The van der Waals surface area contributed by atoms with Crippen LogP contribution >= 0.6 is 68.0 Å². The molecule has 0 saturated heterocycles. The van der Waals surface area contributed by atoms with E-state index in [1.54, 1.807) is 84.6 Å². The van der Waals surface area contributed by atoms with E-state index >= 15 is 0 Å². The maximum atomic E-state index is 15.0. The van der Waals surface area contributed by atoms with Gasteiger partial charge in [0.1, 0.15) is 76.7 Å². The lowest BCUT2D eigenvalue weighted by Gasteiger charge is -2.29. The Hall–Kier alpha value is -7.93. The van der Waals surface area contributed by atoms with E-state index in [1.165, 1.54) is 56.9 Å². The minimum atomic E-state index is -1.30. The molecule has 10 rings (SSSR count). The van der Waals surface area contributed by atoms with Crippen LogP contribution in [-0.2, 0) is 16.0 Å². The molecule has 1 aliphatic heterocycles. The molecule has 0 aliphatic carbocycles. The number of hydrogen-bond acceptors (Lipinski definition) is 23. The summed E-state index contributed by atoms with van der Waals surface area (Å²) in [6, 6.07) is 15.0. The molecular weight excluding hydrogens is 1200 g/mol. The minimum Gasteiger partial charge on any atom is -0.508 e. The van der Waals surface area contributed by atoms with Gasteiger partial charge in [0.05, 0.1) is 41.4 Å². The fourth-order valence-electron chi connectivity index (χ4n) is 9.33. The summed E-state index contributed by atoms with van der Waals surface area (Å²) >= 11 is 6.94. The number of aryl methyl sites for hydroxylation is 1. The van der Waals surface area contributed by atoms with Crippen LogP contribution < -0.4 is 32.7 Å². The number of phenols is 1. The molecule has 7 atom stereocenters. The number of thiazole rings is 6. The lowest BCUT2D eigenvalue weighted by atomic mass is 9.90. The Kier molecular flexibility index (Phi) is 18.8. The van der Waals surface area contributed by atoms with Gasteiger partial charge in [0.15, 0.2) is 5.78 Å². The average molecular weight is 1260 g/mol. The SMILES string of the molecule is CCCNC[C@H](O)[C@H](C)[C@@H]1NC(=O)[C@H](Cc2ccc(O)cc2)NC(=O)c2csc(n2)[C@H]([C@H](O)c2ccccc2)CC(=O)c2nc(sc2C)[C@H](CC(N)=O)NC(=O)c2csc(n2)-c2ccc(-c3nc(C(N)=O)cs3)nc2-c2csc(n2)-c2csc1n2. The van der Waals surface area contributed by atoms with Gasteiger partial charge in [-0.2, -0.15) is 0 Å². The average Bonchev–Trinajstić information content (AvgIpc) is 2.65. The van der Waals surface area contributed by atoms with E-state index in [1.807, 2.05) is 6.92 Å². The van der Waals surface area contributed by atoms with Crippen LogP contribution in [-0.4, -0.2) is 111 Å². The molecule has 8 heterocycles. The summed E-state index contributed by atoms with van der Waals surface area (Å²) in [5.41, 5.74) is 14.4. The molecule has 0 saturated carbocycles. The fourth-order valence-corrected chi connectivity index (χ4v) is 14.7. The number of phenolic OH excluding ortho intramolecular Hbond substituents is 1. The standard InChI is InChI=1S/C57H55N13O9S6/c1-4-16-60-20-42(73)26(2)44-57-68-40(25-84-57)55-64-36(21-82-55)46-31(14-15-33(61-46)54-65-37(22-83-54)48(59)76)52-66-39(23-80-52)51(79)63-35(19-43(58)74)56-70-45(27(3)85-56)41(72)18-32(47(75)29-8-6-5-7-9-29)53-67-38(24-81-53)50(78)62-34(49(77)69-44)17-28-10-12-30(71)13-11-28/h5-15,21-26,32,34-35,42,44,47,60,71,73,75H,4,16-20H2,1-3H3,(H2,58,74)(H2,59,76)(H,62,78)(H,63,79)(H,69,77)/t26-,32-,34-,35-,42-,44-,47+/m0/s1. The van der Waals surface area contributed by atoms with Crippen LogP contribution in [0.5, 0.6) is 5.75 Å². The number of rotatable bonds is 14. The van der Waals surface area contributed by atoms with Crippen molar-refractivity contribution < 1.29 is 44.1 Å². The number of Topliss-reactive ketones (excluding diaryl/α,β-unsaturated/α-hetero) is 1. The van der Waals surface area contributed by atoms with Gasteiger partial charge >= 0.3 is 0 Å². The summed E-state index contributed by atoms with van der Waals surface area (Å²) in [6.07, 6.45) is -2.24. The van der Waals surface area contributed by atoms with Gasteiger partial charge in [-0.25, -0.2) is 34.9 Å². The molecule has 0 spiro atoms. The number of nitrogens with two attached hydrogens (primary N) is 2. The van der Waals surface area contributed by atoms with Crippen molar-refractivity contribution in [3.05, 3.63) is 147 Å². The number of carbonyl (C=O) groups is 6. The molecular formula is C57H55N13O9S6. The number of benzene rings is 2. The van der Waals surface area contributed by atoms with Gasteiger partial charge in [0.2, 0.25) is 11.8 Å². The van der Waals surface area contributed by atoms with Gasteiger partial charge in [-0.1, -0.05) is 56.3 Å². The second-order valence-corrected chi connectivity index (χ2v) is 25.6. The molecule has 5 amide bonds. The highest BCUT2D eigenvalue weighted by Crippen LogP contribution is 2.41. The Balaban J connectivity index is 1.09. The van der Waals surface area contributed by atoms with Crippen LogP contribution in [0.25, 0.3) is 43.4 Å². The number of pyridine rings is 1. The zero-order valence-electron chi connectivity index (χ0n) is 45.5. The number of aliphatic hydroxyl groups excluding tert-OH is 2. The van der Waals surface area contributed by atoms with Crippen LogP contribution in [0.4, 0.5) is 0 Å². The number of carbonyl (C=O) groups excluding carboxylic acids is 6. The van der Waals surface area contributed by atoms with Gasteiger partial charge in [0.25, 0.3) is 17.7 Å². The highest BCUT2D eigenvalue weighted by Gasteiger charge is 2.36. The Labute approximate surface area is 510 Å². The van der Waals surface area contributed by atoms with Crippen LogP contribution in [0.2, 0.25) is 0 Å². The van der Waals surface area contributed by atoms with Crippen LogP contribution in [0, 0.1) is 12.8 Å². The van der Waals surface area contributed by atoms with Crippen molar-refractivity contribution >= 4 is 103 Å². The van der Waals surface area contributed by atoms with Crippen LogP contribution in [0.3, 0.4) is 0 Å². The molecule has 2 aromatic carbocycles. The molecule has 22 nitrogen and oxygen atoms in total. The van der Waals surface area contributed by atoms with Crippen LogP contribution in [0.15, 0.2) is 93.6 Å². The number of amides is 5. The largest absolute Gasteiger partial charge is 0.508 e. The Morgan fingerprint density at radius 1 is 0.682 bits per heavy atom. The van der Waals surface area contributed by atoms with Gasteiger partial charge in [-0.15, -0.1) is 68.0 Å². The first-order chi connectivity index (χ1) is 40.9. The first-order valence-corrected chi connectivity index (χ1v) is 31.8. The van der Waals surface area contributed by atoms with E-state index in [0.29, 0.717) is 70.9 Å².